The minimum atomic E-state index is -0.0337. The van der Waals surface area contributed by atoms with Crippen LogP contribution in [-0.2, 0) is 6.42 Å². The molecule has 0 bridgehead atoms. The Morgan fingerprint density at radius 2 is 2.41 bits per heavy atom. The average Bonchev–Trinajstić information content (AvgIpc) is 2.81. The number of aromatic nitrogens is 2. The van der Waals surface area contributed by atoms with Gasteiger partial charge in [0.1, 0.15) is 0 Å². The van der Waals surface area contributed by atoms with Crippen LogP contribution in [0.2, 0.25) is 0 Å². The fourth-order valence-electron chi connectivity index (χ4n) is 2.01. The summed E-state index contributed by atoms with van der Waals surface area (Å²) in [6, 6.07) is 2.05. The number of carbonyl (C=O) groups is 1. The Bertz CT molecular complexity index is 413. The normalized spacial score (nSPS) is 19.3. The largest absolute Gasteiger partial charge is 0.348 e. The number of amides is 1. The van der Waals surface area contributed by atoms with Gasteiger partial charge in [0.25, 0.3) is 5.91 Å². The molecule has 0 aliphatic carbocycles. The minimum Gasteiger partial charge on any atom is -0.348 e. The van der Waals surface area contributed by atoms with Crippen LogP contribution in [0.5, 0.6) is 0 Å². The van der Waals surface area contributed by atoms with Gasteiger partial charge in [-0.25, -0.2) is 0 Å². The van der Waals surface area contributed by atoms with Gasteiger partial charge in [-0.15, -0.1) is 0 Å². The molecule has 2 heterocycles. The molecule has 1 fully saturated rings. The average molecular weight is 234 g/mol. The fourth-order valence-corrected chi connectivity index (χ4v) is 2.01. The molecule has 1 aliphatic rings. The van der Waals surface area contributed by atoms with Crippen molar-refractivity contribution in [2.24, 2.45) is 0 Å². The molecule has 17 heavy (non-hydrogen) atoms. The summed E-state index contributed by atoms with van der Waals surface area (Å²) in [5, 5.41) is 14.3. The lowest BCUT2D eigenvalue weighted by Gasteiger charge is -2.13. The summed E-state index contributed by atoms with van der Waals surface area (Å²) in [4.78, 5) is 12.1. The van der Waals surface area contributed by atoms with Crippen molar-refractivity contribution in [3.8, 4) is 0 Å². The van der Waals surface area contributed by atoms with Gasteiger partial charge in [0.15, 0.2) is 0 Å². The summed E-state index contributed by atoms with van der Waals surface area (Å²) in [5.41, 5.74) is 2.20. The molecule has 1 aliphatic heterocycles. The fraction of sp³-hybridized carbons (Fsp3) is 0.583. The number of hydrogen-bond donors (Lipinski definition) is 2. The molecule has 1 atom stereocenters. The first-order valence-electron chi connectivity index (χ1n) is 6.05. The number of nitrogens with one attached hydrogen (secondary N) is 2. The number of hydrogen-bond acceptors (Lipinski definition) is 4. The molecule has 92 valence electrons. The van der Waals surface area contributed by atoms with E-state index >= 15 is 0 Å². The highest BCUT2D eigenvalue weighted by atomic mass is 16.1. The predicted octanol–water partition coefficient (Wildman–Crippen LogP) is 0.439. The van der Waals surface area contributed by atoms with E-state index in [0.717, 1.165) is 37.3 Å². The van der Waals surface area contributed by atoms with Crippen molar-refractivity contribution in [2.45, 2.75) is 32.7 Å². The van der Waals surface area contributed by atoms with E-state index in [-0.39, 0.29) is 11.9 Å². The minimum absolute atomic E-state index is 0.0337. The molecule has 1 aromatic rings. The third-order valence-corrected chi connectivity index (χ3v) is 2.97. The summed E-state index contributed by atoms with van der Waals surface area (Å²) in [7, 11) is 0. The second-order valence-electron chi connectivity index (χ2n) is 4.36. The van der Waals surface area contributed by atoms with Crippen LogP contribution < -0.4 is 10.6 Å². The van der Waals surface area contributed by atoms with Gasteiger partial charge < -0.3 is 10.6 Å². The van der Waals surface area contributed by atoms with E-state index < -0.39 is 0 Å². The van der Waals surface area contributed by atoms with E-state index in [1.807, 2.05) is 19.9 Å². The highest BCUT2D eigenvalue weighted by molar-refractivity contribution is 5.95. The summed E-state index contributed by atoms with van der Waals surface area (Å²) in [5.74, 6) is -0.0337. The maximum atomic E-state index is 12.1. The Morgan fingerprint density at radius 1 is 1.59 bits per heavy atom. The second-order valence-corrected chi connectivity index (χ2v) is 4.36. The lowest BCUT2D eigenvalue weighted by atomic mass is 10.1. The molecule has 2 rings (SSSR count). The van der Waals surface area contributed by atoms with Crippen LogP contribution >= 0.6 is 0 Å². The Kier molecular flexibility index (Phi) is 3.68. The smallest absolute Gasteiger partial charge is 0.253 e. The van der Waals surface area contributed by atoms with E-state index in [4.69, 9.17) is 0 Å². The van der Waals surface area contributed by atoms with E-state index in [1.165, 1.54) is 0 Å². The quantitative estimate of drug-likeness (QED) is 0.796. The van der Waals surface area contributed by atoms with Crippen molar-refractivity contribution in [3.63, 3.8) is 0 Å². The first kappa shape index (κ1) is 12.0. The topological polar surface area (TPSA) is 66.9 Å². The molecule has 1 amide bonds. The molecule has 0 unspecified atom stereocenters. The van der Waals surface area contributed by atoms with Crippen LogP contribution in [0.1, 0.15) is 35.1 Å². The molecule has 5 nitrogen and oxygen atoms in total. The van der Waals surface area contributed by atoms with Crippen molar-refractivity contribution < 1.29 is 4.79 Å². The van der Waals surface area contributed by atoms with Crippen LogP contribution in [0.3, 0.4) is 0 Å². The van der Waals surface area contributed by atoms with E-state index in [2.05, 4.69) is 20.8 Å². The highest BCUT2D eigenvalue weighted by Crippen LogP contribution is 2.08. The highest BCUT2D eigenvalue weighted by Gasteiger charge is 2.19. The number of aryl methyl sites for hydroxylation is 2. The molecule has 5 heteroatoms. The zero-order valence-electron chi connectivity index (χ0n) is 10.3. The molecule has 1 saturated heterocycles. The van der Waals surface area contributed by atoms with Crippen LogP contribution in [0.25, 0.3) is 0 Å². The summed E-state index contributed by atoms with van der Waals surface area (Å²) >= 11 is 0. The van der Waals surface area contributed by atoms with Gasteiger partial charge in [-0.05, 0) is 32.4 Å². The van der Waals surface area contributed by atoms with Gasteiger partial charge in [0, 0.05) is 12.6 Å². The van der Waals surface area contributed by atoms with Crippen LogP contribution in [-0.4, -0.2) is 35.2 Å². The van der Waals surface area contributed by atoms with Gasteiger partial charge >= 0.3 is 0 Å². The zero-order chi connectivity index (χ0) is 12.3. The van der Waals surface area contributed by atoms with Crippen molar-refractivity contribution in [3.05, 3.63) is 23.0 Å². The third-order valence-electron chi connectivity index (χ3n) is 2.97. The molecule has 2 N–H and O–H groups in total. The summed E-state index contributed by atoms with van der Waals surface area (Å²) in [6.45, 7) is 5.65. The first-order chi connectivity index (χ1) is 8.20. The zero-order valence-corrected chi connectivity index (χ0v) is 10.3. The first-order valence-corrected chi connectivity index (χ1v) is 6.05. The van der Waals surface area contributed by atoms with Crippen molar-refractivity contribution in [1.82, 2.24) is 20.8 Å². The molecule has 0 radical (unpaired) electrons. The van der Waals surface area contributed by atoms with Crippen LogP contribution in [0.15, 0.2) is 6.07 Å². The molecule has 0 spiro atoms. The van der Waals surface area contributed by atoms with Crippen molar-refractivity contribution in [1.29, 1.82) is 0 Å². The third kappa shape index (κ3) is 2.79. The van der Waals surface area contributed by atoms with Gasteiger partial charge in [0.2, 0.25) is 0 Å². The molecule has 0 saturated carbocycles. The standard InChI is InChI=1S/C12H18N4O/c1-3-11-10(6-8(2)15-16-11)12(17)14-9-4-5-13-7-9/h6,9,13H,3-5,7H2,1-2H3,(H,14,17)/t9-/m0/s1. The number of carbonyl (C=O) groups excluding carboxylic acids is 1. The van der Waals surface area contributed by atoms with Crippen molar-refractivity contribution in [2.75, 3.05) is 13.1 Å². The SMILES string of the molecule is CCc1nnc(C)cc1C(=O)N[C@H]1CCNC1. The second kappa shape index (κ2) is 5.23. The number of nitrogens with zero attached hydrogens (tertiary/aromatic N) is 2. The summed E-state index contributed by atoms with van der Waals surface area (Å²) < 4.78 is 0. The van der Waals surface area contributed by atoms with Crippen LogP contribution in [0, 0.1) is 6.92 Å². The summed E-state index contributed by atoms with van der Waals surface area (Å²) in [6.07, 6.45) is 1.71. The van der Waals surface area contributed by atoms with Gasteiger partial charge in [-0.3, -0.25) is 4.79 Å². The van der Waals surface area contributed by atoms with E-state index in [1.54, 1.807) is 0 Å². The Balaban J connectivity index is 2.14. The monoisotopic (exact) mass is 234 g/mol. The lowest BCUT2D eigenvalue weighted by molar-refractivity contribution is 0.0938. The van der Waals surface area contributed by atoms with Crippen molar-refractivity contribution >= 4 is 5.91 Å². The van der Waals surface area contributed by atoms with Gasteiger partial charge in [-0.1, -0.05) is 6.92 Å². The Labute approximate surface area is 101 Å². The van der Waals surface area contributed by atoms with Gasteiger partial charge in [0.05, 0.1) is 17.0 Å². The van der Waals surface area contributed by atoms with Gasteiger partial charge in [-0.2, -0.15) is 10.2 Å². The maximum absolute atomic E-state index is 12.1. The maximum Gasteiger partial charge on any atom is 0.253 e. The van der Waals surface area contributed by atoms with E-state index in [9.17, 15) is 4.79 Å². The molecule has 0 aromatic carbocycles. The molecule has 1 aromatic heterocycles. The van der Waals surface area contributed by atoms with Crippen LogP contribution in [0.4, 0.5) is 0 Å². The predicted molar refractivity (Wildman–Crippen MR) is 64.9 cm³/mol. The lowest BCUT2D eigenvalue weighted by Crippen LogP contribution is -2.36. The Morgan fingerprint density at radius 3 is 3.06 bits per heavy atom. The van der Waals surface area contributed by atoms with E-state index in [0.29, 0.717) is 5.56 Å². The Hall–Kier alpha value is -1.49. The molecular formula is C12H18N4O. The molecular weight excluding hydrogens is 216 g/mol. The number of rotatable bonds is 3.